The van der Waals surface area contributed by atoms with Gasteiger partial charge in [-0.3, -0.25) is 4.79 Å². The summed E-state index contributed by atoms with van der Waals surface area (Å²) in [6, 6.07) is 3.85. The Kier molecular flexibility index (Phi) is 9.15. The first-order valence-corrected chi connectivity index (χ1v) is 3.72. The van der Waals surface area contributed by atoms with Crippen molar-refractivity contribution in [3.05, 3.63) is 21.9 Å². The molecule has 0 amide bonds. The molecule has 0 aliphatic carbocycles. The van der Waals surface area contributed by atoms with Crippen LogP contribution in [0.5, 0.6) is 0 Å². The van der Waals surface area contributed by atoms with Crippen LogP contribution in [-0.4, -0.2) is 23.6 Å². The minimum Gasteiger partial charge on any atom is -1.00 e. The van der Waals surface area contributed by atoms with Gasteiger partial charge in [0.2, 0.25) is 0 Å². The predicted molar refractivity (Wildman–Crippen MR) is 49.3 cm³/mol. The Bertz CT molecular complexity index is 225. The molecule has 11 heavy (non-hydrogen) atoms. The quantitative estimate of drug-likeness (QED) is 0.428. The molecule has 1 rings (SSSR count). The first kappa shape index (κ1) is 14.0. The molecule has 0 fully saturated rings. The molecule has 0 radical (unpaired) electrons. The van der Waals surface area contributed by atoms with Crippen LogP contribution >= 0.6 is 11.3 Å². The summed E-state index contributed by atoms with van der Waals surface area (Å²) >= 11 is 1.56. The van der Waals surface area contributed by atoms with Gasteiger partial charge in [0.25, 0.3) is 0 Å². The summed E-state index contributed by atoms with van der Waals surface area (Å²) in [6.07, 6.45) is 1.92. The van der Waals surface area contributed by atoms with Crippen LogP contribution in [-0.2, 0) is 6.42 Å². The minimum atomic E-state index is 0. The van der Waals surface area contributed by atoms with Gasteiger partial charge in [-0.05, 0) is 18.6 Å². The van der Waals surface area contributed by atoms with Gasteiger partial charge in [-0.25, -0.2) is 0 Å². The number of hydrogen-bond acceptors (Lipinski definition) is 2. The van der Waals surface area contributed by atoms with E-state index < -0.39 is 0 Å². The molecule has 0 aromatic carbocycles. The van der Waals surface area contributed by atoms with E-state index in [4.69, 9.17) is 0 Å². The third-order valence-electron chi connectivity index (χ3n) is 1.15. The van der Waals surface area contributed by atoms with Gasteiger partial charge in [-0.1, -0.05) is 6.92 Å². The Balaban J connectivity index is -0.0000000337. The van der Waals surface area contributed by atoms with Crippen molar-refractivity contribution in [1.29, 1.82) is 0 Å². The van der Waals surface area contributed by atoms with E-state index in [1.165, 1.54) is 4.88 Å². The van der Waals surface area contributed by atoms with Gasteiger partial charge in [-0.15, -0.1) is 11.3 Å². The van der Waals surface area contributed by atoms with E-state index in [9.17, 15) is 4.79 Å². The van der Waals surface area contributed by atoms with Crippen molar-refractivity contribution in [2.75, 3.05) is 0 Å². The van der Waals surface area contributed by atoms with Gasteiger partial charge in [0.1, 0.15) is 0 Å². The Morgan fingerprint density at radius 2 is 2.27 bits per heavy atom. The zero-order valence-electron chi connectivity index (χ0n) is 10.8. The van der Waals surface area contributed by atoms with Crippen molar-refractivity contribution >= 4 is 35.0 Å². The van der Waals surface area contributed by atoms with Crippen molar-refractivity contribution in [1.82, 2.24) is 0 Å². The SMILES string of the molecule is CCc1ccc(C=O)s1.[Al+3].[H-].[H-].[H-].[H-].[Li+]. The van der Waals surface area contributed by atoms with E-state index in [0.29, 0.717) is 0 Å². The molecule has 1 heterocycles. The summed E-state index contributed by atoms with van der Waals surface area (Å²) in [6.45, 7) is 2.08. The first-order valence-electron chi connectivity index (χ1n) is 2.90. The van der Waals surface area contributed by atoms with Crippen LogP contribution < -0.4 is 18.9 Å². The molecule has 56 valence electrons. The Labute approximate surface area is 99.4 Å². The van der Waals surface area contributed by atoms with E-state index in [-0.39, 0.29) is 41.9 Å². The molecule has 0 unspecified atom stereocenters. The van der Waals surface area contributed by atoms with Crippen molar-refractivity contribution in [3.63, 3.8) is 0 Å². The number of carbonyl (C=O) groups is 1. The molecule has 4 heteroatoms. The second-order valence-corrected chi connectivity index (χ2v) is 2.98. The molecule has 0 spiro atoms. The van der Waals surface area contributed by atoms with Gasteiger partial charge in [-0.2, -0.15) is 0 Å². The average Bonchev–Trinajstić information content (AvgIpc) is 2.34. The Hall–Kier alpha value is 0.500. The van der Waals surface area contributed by atoms with Crippen LogP contribution in [0, 0.1) is 0 Å². The number of rotatable bonds is 2. The maximum absolute atomic E-state index is 10.1. The summed E-state index contributed by atoms with van der Waals surface area (Å²) in [4.78, 5) is 12.2. The van der Waals surface area contributed by atoms with E-state index in [0.717, 1.165) is 17.6 Å². The second kappa shape index (κ2) is 7.17. The predicted octanol–water partition coefficient (Wildman–Crippen LogP) is -0.804. The van der Waals surface area contributed by atoms with Gasteiger partial charge in [0, 0.05) is 4.88 Å². The zero-order valence-corrected chi connectivity index (χ0v) is 8.80. The monoisotopic (exact) mass is 178 g/mol. The van der Waals surface area contributed by atoms with Crippen LogP contribution in [0.4, 0.5) is 0 Å². The van der Waals surface area contributed by atoms with E-state index in [2.05, 4.69) is 6.92 Å². The number of thiophene rings is 1. The molecular formula is C7H12AlLiOS. The largest absolute Gasteiger partial charge is 3.00 e. The number of aldehydes is 1. The molecular weight excluding hydrogens is 166 g/mol. The van der Waals surface area contributed by atoms with Gasteiger partial charge < -0.3 is 5.71 Å². The van der Waals surface area contributed by atoms with Crippen molar-refractivity contribution < 1.29 is 29.4 Å². The standard InChI is InChI=1S/C7H8OS.Al.Li.4H/c1-2-6-3-4-7(5-8)9-6;;;;;;/h3-5H,2H2,1H3;;;;;;/q;+3;+1;4*-1. The normalized spacial score (nSPS) is 7.73. The minimum absolute atomic E-state index is 0. The van der Waals surface area contributed by atoms with Gasteiger partial charge >= 0.3 is 36.2 Å². The van der Waals surface area contributed by atoms with Crippen molar-refractivity contribution in [2.45, 2.75) is 13.3 Å². The van der Waals surface area contributed by atoms with Gasteiger partial charge in [0.15, 0.2) is 6.29 Å². The fourth-order valence-corrected chi connectivity index (χ4v) is 1.42. The molecule has 1 aromatic heterocycles. The van der Waals surface area contributed by atoms with Gasteiger partial charge in [0.05, 0.1) is 4.88 Å². The first-order chi connectivity index (χ1) is 4.36. The van der Waals surface area contributed by atoms with Crippen LogP contribution in [0.3, 0.4) is 0 Å². The summed E-state index contributed by atoms with van der Waals surface area (Å²) < 4.78 is 0. The fraction of sp³-hybridized carbons (Fsp3) is 0.286. The Morgan fingerprint density at radius 3 is 2.55 bits per heavy atom. The third kappa shape index (κ3) is 4.16. The van der Waals surface area contributed by atoms with Crippen LogP contribution in [0.25, 0.3) is 0 Å². The number of aryl methyl sites for hydroxylation is 1. The Morgan fingerprint density at radius 1 is 1.64 bits per heavy atom. The van der Waals surface area contributed by atoms with E-state index in [1.807, 2.05) is 12.1 Å². The number of carbonyl (C=O) groups excluding carboxylic acids is 1. The van der Waals surface area contributed by atoms with Crippen LogP contribution in [0.15, 0.2) is 12.1 Å². The van der Waals surface area contributed by atoms with Crippen LogP contribution in [0.2, 0.25) is 0 Å². The molecule has 0 N–H and O–H groups in total. The smallest absolute Gasteiger partial charge is 1.00 e. The second-order valence-electron chi connectivity index (χ2n) is 1.78. The zero-order chi connectivity index (χ0) is 6.69. The molecule has 0 saturated heterocycles. The summed E-state index contributed by atoms with van der Waals surface area (Å²) in [5.74, 6) is 0. The molecule has 1 aromatic rings. The molecule has 0 aliphatic heterocycles. The summed E-state index contributed by atoms with van der Waals surface area (Å²) in [5, 5.41) is 0. The van der Waals surface area contributed by atoms with Crippen LogP contribution in [0.1, 0.15) is 27.2 Å². The maximum Gasteiger partial charge on any atom is 3.00 e. The maximum atomic E-state index is 10.1. The average molecular weight is 178 g/mol. The van der Waals surface area contributed by atoms with E-state index >= 15 is 0 Å². The summed E-state index contributed by atoms with van der Waals surface area (Å²) in [5.41, 5.74) is 0. The van der Waals surface area contributed by atoms with E-state index in [1.54, 1.807) is 11.3 Å². The molecule has 1 nitrogen and oxygen atoms in total. The molecule has 0 bridgehead atoms. The van der Waals surface area contributed by atoms with Crippen molar-refractivity contribution in [3.8, 4) is 0 Å². The molecule has 0 aliphatic rings. The fourth-order valence-electron chi connectivity index (χ4n) is 0.648. The third-order valence-corrected chi connectivity index (χ3v) is 2.30. The topological polar surface area (TPSA) is 17.1 Å². The molecule has 0 saturated carbocycles. The van der Waals surface area contributed by atoms with Crippen molar-refractivity contribution in [2.24, 2.45) is 0 Å². The molecule has 0 atom stereocenters. The number of hydrogen-bond donors (Lipinski definition) is 0. The summed E-state index contributed by atoms with van der Waals surface area (Å²) in [7, 11) is 0.